The van der Waals surface area contributed by atoms with Gasteiger partial charge < -0.3 is 16.1 Å². The van der Waals surface area contributed by atoms with Crippen LogP contribution in [0.2, 0.25) is 0 Å². The van der Waals surface area contributed by atoms with Crippen LogP contribution < -0.4 is 11.3 Å². The Morgan fingerprint density at radius 2 is 1.46 bits per heavy atom. The number of carboxylic acid groups (broad SMARTS) is 1. The molecule has 1 rings (SSSR count). The van der Waals surface area contributed by atoms with Gasteiger partial charge in [0.15, 0.2) is 0 Å². The zero-order chi connectivity index (χ0) is 18.5. The zero-order valence-corrected chi connectivity index (χ0v) is 17.6. The Morgan fingerprint density at radius 1 is 0.923 bits per heavy atom. The summed E-state index contributed by atoms with van der Waals surface area (Å²) in [5, 5.41) is 11.4. The average Bonchev–Trinajstić information content (AvgIpc) is 2.64. The molecule has 26 heavy (non-hydrogen) atoms. The van der Waals surface area contributed by atoms with E-state index in [1.54, 1.807) is 0 Å². The van der Waals surface area contributed by atoms with Crippen LogP contribution in [0.25, 0.3) is 0 Å². The molecule has 0 heterocycles. The van der Waals surface area contributed by atoms with Gasteiger partial charge in [-0.2, -0.15) is 0 Å². The van der Waals surface area contributed by atoms with E-state index in [0.717, 1.165) is 24.8 Å². The van der Waals surface area contributed by atoms with Gasteiger partial charge in [-0.15, -0.1) is 0 Å². The molecule has 0 aliphatic heterocycles. The van der Waals surface area contributed by atoms with Gasteiger partial charge in [0.25, 0.3) is 0 Å². The first-order valence-electron chi connectivity index (χ1n) is 10.3. The third-order valence-electron chi connectivity index (χ3n) is 6.17. The van der Waals surface area contributed by atoms with E-state index >= 15 is 0 Å². The molecule has 0 aliphatic rings. The number of carbonyl (C=O) groups is 1. The second-order valence-electron chi connectivity index (χ2n) is 7.57. The van der Waals surface area contributed by atoms with E-state index < -0.39 is 5.97 Å². The van der Waals surface area contributed by atoms with Gasteiger partial charge >= 0.3 is 0 Å². The number of benzene rings is 1. The molecule has 3 heteroatoms. The largest absolute Gasteiger partial charge is 0.550 e. The lowest BCUT2D eigenvalue weighted by Gasteiger charge is -2.30. The molecule has 0 saturated carbocycles. The highest BCUT2D eigenvalue weighted by Gasteiger charge is 2.22. The van der Waals surface area contributed by atoms with Gasteiger partial charge in [-0.25, -0.2) is 0 Å². The molecule has 4 N–H and O–H groups in total. The van der Waals surface area contributed by atoms with Gasteiger partial charge in [-0.3, -0.25) is 0 Å². The quantitative estimate of drug-likeness (QED) is 0.416. The maximum Gasteiger partial charge on any atom is 0.0448 e. The minimum absolute atomic E-state index is 0. The Bertz CT molecular complexity index is 460. The van der Waals surface area contributed by atoms with Crippen LogP contribution in [0.5, 0.6) is 0 Å². The summed E-state index contributed by atoms with van der Waals surface area (Å²) in [4.78, 5) is 11.4. The van der Waals surface area contributed by atoms with Crippen LogP contribution in [0.15, 0.2) is 30.3 Å². The number of quaternary nitrogens is 1. The predicted octanol–water partition coefficient (Wildman–Crippen LogP) is 5.92. The standard InChI is InChI=1S/C23H38O2.H3N/c1-4-23(5-2,6-3)18-14-9-7-8-13-17-21(22(24)25)19-20-15-11-10-12-16-20;/h10-12,15-16,21H,4-9,13-14,17-19H2,1-3H3,(H,24,25);1H3. The molecule has 0 bridgehead atoms. The summed E-state index contributed by atoms with van der Waals surface area (Å²) in [6.07, 6.45) is 12.5. The molecule has 0 radical (unpaired) electrons. The molecule has 0 aromatic heterocycles. The number of hydrogen-bond donors (Lipinski definition) is 1. The number of aliphatic carboxylic acids is 1. The molecule has 1 aromatic rings. The van der Waals surface area contributed by atoms with Crippen molar-refractivity contribution in [3.63, 3.8) is 0 Å². The molecule has 0 aliphatic carbocycles. The summed E-state index contributed by atoms with van der Waals surface area (Å²) in [7, 11) is 0. The van der Waals surface area contributed by atoms with Crippen LogP contribution in [0.1, 0.15) is 90.5 Å². The highest BCUT2D eigenvalue weighted by atomic mass is 16.4. The second kappa shape index (κ2) is 13.8. The monoisotopic (exact) mass is 363 g/mol. The van der Waals surface area contributed by atoms with Crippen LogP contribution in [0.4, 0.5) is 0 Å². The first-order chi connectivity index (χ1) is 12.1. The molecule has 0 fully saturated rings. The van der Waals surface area contributed by atoms with Gasteiger partial charge in [0.05, 0.1) is 0 Å². The van der Waals surface area contributed by atoms with Crippen molar-refractivity contribution >= 4 is 5.97 Å². The topological polar surface area (TPSA) is 76.6 Å². The van der Waals surface area contributed by atoms with Gasteiger partial charge in [0.1, 0.15) is 0 Å². The van der Waals surface area contributed by atoms with Gasteiger partial charge in [-0.05, 0) is 30.2 Å². The fourth-order valence-electron chi connectivity index (χ4n) is 3.90. The summed E-state index contributed by atoms with van der Waals surface area (Å²) in [5.41, 5.74) is 1.64. The van der Waals surface area contributed by atoms with Gasteiger partial charge in [-0.1, -0.05) is 102 Å². The van der Waals surface area contributed by atoms with Crippen molar-refractivity contribution in [2.75, 3.05) is 0 Å². The lowest BCUT2D eigenvalue weighted by molar-refractivity contribution is -0.311. The first-order valence-corrected chi connectivity index (χ1v) is 10.3. The highest BCUT2D eigenvalue weighted by Crippen LogP contribution is 2.36. The Kier molecular flexibility index (Phi) is 13.1. The maximum atomic E-state index is 11.4. The average molecular weight is 364 g/mol. The van der Waals surface area contributed by atoms with Crippen molar-refractivity contribution in [2.24, 2.45) is 11.3 Å². The van der Waals surface area contributed by atoms with E-state index in [0.29, 0.717) is 11.8 Å². The van der Waals surface area contributed by atoms with Gasteiger partial charge in [0, 0.05) is 11.9 Å². The lowest BCUT2D eigenvalue weighted by atomic mass is 9.75. The zero-order valence-electron chi connectivity index (χ0n) is 17.6. The smallest absolute Gasteiger partial charge is 0.0448 e. The molecule has 3 nitrogen and oxygen atoms in total. The van der Waals surface area contributed by atoms with E-state index in [2.05, 4.69) is 20.8 Å². The molecular weight excluding hydrogens is 322 g/mol. The van der Waals surface area contributed by atoms with Crippen molar-refractivity contribution in [2.45, 2.75) is 91.4 Å². The van der Waals surface area contributed by atoms with Crippen molar-refractivity contribution in [3.8, 4) is 0 Å². The number of unbranched alkanes of at least 4 members (excludes halogenated alkanes) is 4. The minimum atomic E-state index is -0.900. The lowest BCUT2D eigenvalue weighted by Crippen LogP contribution is -2.32. The van der Waals surface area contributed by atoms with Crippen LogP contribution in [0.3, 0.4) is 0 Å². The molecule has 1 unspecified atom stereocenters. The fourth-order valence-corrected chi connectivity index (χ4v) is 3.90. The van der Waals surface area contributed by atoms with E-state index in [1.807, 2.05) is 30.3 Å². The van der Waals surface area contributed by atoms with E-state index in [1.165, 1.54) is 44.9 Å². The summed E-state index contributed by atoms with van der Waals surface area (Å²) >= 11 is 0. The van der Waals surface area contributed by atoms with Crippen molar-refractivity contribution < 1.29 is 9.90 Å². The van der Waals surface area contributed by atoms with Crippen molar-refractivity contribution in [1.82, 2.24) is 6.15 Å². The minimum Gasteiger partial charge on any atom is -0.550 e. The summed E-state index contributed by atoms with van der Waals surface area (Å²) in [6.45, 7) is 6.96. The van der Waals surface area contributed by atoms with E-state index in [-0.39, 0.29) is 12.1 Å². The molecule has 1 aromatic carbocycles. The van der Waals surface area contributed by atoms with Crippen LogP contribution >= 0.6 is 0 Å². The van der Waals surface area contributed by atoms with E-state index in [4.69, 9.17) is 0 Å². The summed E-state index contributed by atoms with van der Waals surface area (Å²) < 4.78 is 0. The van der Waals surface area contributed by atoms with Crippen LogP contribution in [-0.4, -0.2) is 5.97 Å². The Balaban J connectivity index is 0.00000625. The van der Waals surface area contributed by atoms with Crippen LogP contribution in [0, 0.1) is 11.3 Å². The molecular formula is C23H41NO2. The Morgan fingerprint density at radius 3 is 2.00 bits per heavy atom. The third-order valence-corrected chi connectivity index (χ3v) is 6.17. The molecule has 0 spiro atoms. The SMILES string of the molecule is CCC(CC)(CC)CCCCCCCC(Cc1ccccc1)C(=O)[O-].[NH4+]. The molecule has 0 amide bonds. The normalized spacial score (nSPS) is 12.4. The predicted molar refractivity (Wildman–Crippen MR) is 110 cm³/mol. The van der Waals surface area contributed by atoms with Crippen molar-refractivity contribution in [1.29, 1.82) is 0 Å². The fraction of sp³-hybridized carbons (Fsp3) is 0.696. The summed E-state index contributed by atoms with van der Waals surface area (Å²) in [6, 6.07) is 9.88. The first kappa shape index (κ1) is 24.7. The number of rotatable bonds is 14. The van der Waals surface area contributed by atoms with Gasteiger partial charge in [0.2, 0.25) is 0 Å². The maximum absolute atomic E-state index is 11.4. The number of carboxylic acids is 1. The molecule has 150 valence electrons. The Labute approximate surface area is 161 Å². The van der Waals surface area contributed by atoms with E-state index in [9.17, 15) is 9.90 Å². The Hall–Kier alpha value is -1.35. The number of hydrogen-bond acceptors (Lipinski definition) is 2. The second-order valence-corrected chi connectivity index (χ2v) is 7.57. The summed E-state index contributed by atoms with van der Waals surface area (Å²) in [5.74, 6) is -1.25. The van der Waals surface area contributed by atoms with Crippen LogP contribution in [-0.2, 0) is 11.2 Å². The number of carbonyl (C=O) groups excluding carboxylic acids is 1. The molecule has 1 atom stereocenters. The third kappa shape index (κ3) is 8.84. The highest BCUT2D eigenvalue weighted by molar-refractivity contribution is 5.68. The van der Waals surface area contributed by atoms with Crippen molar-refractivity contribution in [3.05, 3.63) is 35.9 Å². The molecule has 0 saturated heterocycles.